The summed E-state index contributed by atoms with van der Waals surface area (Å²) in [6.07, 6.45) is 8.80. The van der Waals surface area contributed by atoms with Gasteiger partial charge in [0.15, 0.2) is 29.0 Å². The van der Waals surface area contributed by atoms with Crippen molar-refractivity contribution >= 4 is 68.0 Å². The number of halogens is 2. The Kier molecular flexibility index (Phi) is 13.4. The van der Waals surface area contributed by atoms with Gasteiger partial charge < -0.3 is 35.8 Å². The fourth-order valence-electron chi connectivity index (χ4n) is 7.40. The number of rotatable bonds is 18. The third-order valence-corrected chi connectivity index (χ3v) is 12.3. The number of unbranched alkanes of at least 4 members (excludes halogenated alkanes) is 7. The van der Waals surface area contributed by atoms with Gasteiger partial charge in [0, 0.05) is 29.2 Å². The highest BCUT2D eigenvalue weighted by atomic mass is 35.5. The van der Waals surface area contributed by atoms with Gasteiger partial charge in [-0.15, -0.1) is 11.3 Å². The molecule has 6 N–H and O–H groups in total. The molecule has 16 heteroatoms. The van der Waals surface area contributed by atoms with Gasteiger partial charge in [-0.25, -0.2) is 15.0 Å². The summed E-state index contributed by atoms with van der Waals surface area (Å²) in [5.41, 5.74) is 10.3. The number of ketones is 1. The summed E-state index contributed by atoms with van der Waals surface area (Å²) in [5, 5.41) is 34.7. The quantitative estimate of drug-likeness (QED) is 0.0455. The topological polar surface area (TPSA) is 181 Å². The lowest BCUT2D eigenvalue weighted by molar-refractivity contribution is -0.0511. The molecule has 2 aliphatic rings. The van der Waals surface area contributed by atoms with Crippen molar-refractivity contribution in [2.75, 3.05) is 37.4 Å². The Labute approximate surface area is 339 Å². The number of imidazole rings is 1. The highest BCUT2D eigenvalue weighted by molar-refractivity contribution is 7.16. The third-order valence-electron chi connectivity index (χ3n) is 10.5. The maximum Gasteiger partial charge on any atom is 0.196 e. The summed E-state index contributed by atoms with van der Waals surface area (Å²) in [4.78, 5) is 30.0. The number of hydrogen-bond donors (Lipinski definition) is 5. The van der Waals surface area contributed by atoms with Crippen LogP contribution in [0, 0.1) is 0 Å². The first kappa shape index (κ1) is 40.3. The molecule has 0 amide bonds. The molecule has 56 heavy (non-hydrogen) atoms. The molecule has 0 unspecified atom stereocenters. The van der Waals surface area contributed by atoms with Crippen molar-refractivity contribution in [3.8, 4) is 5.75 Å². The number of aliphatic hydroxyl groups excluding tert-OH is 3. The van der Waals surface area contributed by atoms with E-state index in [1.807, 2.05) is 24.3 Å². The second-order valence-corrected chi connectivity index (χ2v) is 16.3. The molecule has 13 nitrogen and oxygen atoms in total. The van der Waals surface area contributed by atoms with Gasteiger partial charge in [-0.2, -0.15) is 0 Å². The van der Waals surface area contributed by atoms with Gasteiger partial charge in [0.25, 0.3) is 0 Å². The van der Waals surface area contributed by atoms with Crippen molar-refractivity contribution in [2.45, 2.75) is 88.9 Å². The molecular formula is C40H47Cl2N7O6S. The largest absolute Gasteiger partial charge is 0.494 e. The molecule has 7 rings (SSSR count). The first-order valence-corrected chi connectivity index (χ1v) is 20.7. The van der Waals surface area contributed by atoms with E-state index in [2.05, 4.69) is 25.2 Å². The molecule has 5 aromatic rings. The van der Waals surface area contributed by atoms with Gasteiger partial charge >= 0.3 is 0 Å². The van der Waals surface area contributed by atoms with Crippen LogP contribution >= 0.6 is 34.5 Å². The zero-order chi connectivity index (χ0) is 39.2. The normalized spacial score (nSPS) is 19.7. The van der Waals surface area contributed by atoms with E-state index in [1.54, 1.807) is 18.2 Å². The van der Waals surface area contributed by atoms with Crippen LogP contribution in [0.15, 0.2) is 55.1 Å². The van der Waals surface area contributed by atoms with Crippen LogP contribution in [0.2, 0.25) is 10.0 Å². The molecule has 0 aliphatic carbocycles. The number of aliphatic hydroxyl groups is 3. The number of aromatic nitrogens is 4. The zero-order valence-corrected chi connectivity index (χ0v) is 33.3. The molecule has 0 radical (unpaired) electrons. The number of nitrogen functional groups attached to an aromatic ring is 1. The second kappa shape index (κ2) is 18.6. The van der Waals surface area contributed by atoms with Gasteiger partial charge in [0.2, 0.25) is 0 Å². The van der Waals surface area contributed by atoms with Gasteiger partial charge in [-0.1, -0.05) is 61.7 Å². The maximum absolute atomic E-state index is 13.3. The third kappa shape index (κ3) is 9.13. The van der Waals surface area contributed by atoms with E-state index < -0.39 is 31.1 Å². The van der Waals surface area contributed by atoms with Crippen LogP contribution in [0.1, 0.15) is 84.0 Å². The maximum atomic E-state index is 13.3. The average molecular weight is 825 g/mol. The molecule has 298 valence electrons. The van der Waals surface area contributed by atoms with E-state index in [9.17, 15) is 20.1 Å². The summed E-state index contributed by atoms with van der Waals surface area (Å²) in [5.74, 6) is 1.18. The molecular weight excluding hydrogens is 777 g/mol. The van der Waals surface area contributed by atoms with E-state index >= 15 is 0 Å². The molecule has 2 aromatic carbocycles. The van der Waals surface area contributed by atoms with Crippen LogP contribution in [0.4, 0.5) is 16.5 Å². The Balaban J connectivity index is 0.755. The Morgan fingerprint density at radius 2 is 1.71 bits per heavy atom. The summed E-state index contributed by atoms with van der Waals surface area (Å²) < 4.78 is 13.2. The number of nitrogens with one attached hydrogen (secondary N) is 1. The number of anilines is 3. The number of ether oxygens (including phenoxy) is 2. The molecule has 0 bridgehead atoms. The number of fused-ring (bicyclic) bond motifs is 2. The Hall–Kier alpha value is -3.86. The van der Waals surface area contributed by atoms with Crippen molar-refractivity contribution in [3.05, 3.63) is 86.7 Å². The smallest absolute Gasteiger partial charge is 0.196 e. The highest BCUT2D eigenvalue weighted by Gasteiger charge is 2.44. The summed E-state index contributed by atoms with van der Waals surface area (Å²) in [7, 11) is 0. The number of carbonyl (C=O) groups excluding carboxylic acids is 1. The number of benzene rings is 2. The minimum Gasteiger partial charge on any atom is -0.494 e. The van der Waals surface area contributed by atoms with Crippen molar-refractivity contribution < 1.29 is 29.6 Å². The summed E-state index contributed by atoms with van der Waals surface area (Å²) >= 11 is 13.7. The number of nitrogens with zero attached hydrogens (tertiary/aromatic N) is 5. The van der Waals surface area contributed by atoms with Gasteiger partial charge in [-0.05, 0) is 73.8 Å². The lowest BCUT2D eigenvalue weighted by Crippen LogP contribution is -2.33. The zero-order valence-electron chi connectivity index (χ0n) is 30.9. The molecule has 5 heterocycles. The fourth-order valence-corrected chi connectivity index (χ4v) is 8.85. The van der Waals surface area contributed by atoms with Crippen molar-refractivity contribution in [2.24, 2.45) is 0 Å². The number of carbonyl (C=O) groups is 1. The number of nitrogens with two attached hydrogens (primary N) is 1. The average Bonchev–Trinajstić information content (AvgIpc) is 3.87. The molecule has 0 spiro atoms. The first-order chi connectivity index (χ1) is 27.2. The summed E-state index contributed by atoms with van der Waals surface area (Å²) in [6.45, 7) is 3.07. The van der Waals surface area contributed by atoms with E-state index in [-0.39, 0.29) is 5.78 Å². The number of thiophene rings is 1. The minimum atomic E-state index is -1.24. The Morgan fingerprint density at radius 3 is 2.45 bits per heavy atom. The fraction of sp³-hybridized carbons (Fsp3) is 0.450. The summed E-state index contributed by atoms with van der Waals surface area (Å²) in [6, 6.07) is 12.6. The van der Waals surface area contributed by atoms with Crippen LogP contribution in [-0.2, 0) is 17.7 Å². The van der Waals surface area contributed by atoms with Crippen LogP contribution in [-0.4, -0.2) is 90.1 Å². The van der Waals surface area contributed by atoms with Gasteiger partial charge in [-0.3, -0.25) is 14.3 Å². The van der Waals surface area contributed by atoms with Crippen LogP contribution in [0.3, 0.4) is 0 Å². The molecule has 2 aliphatic heterocycles. The molecule has 4 atom stereocenters. The predicted molar refractivity (Wildman–Crippen MR) is 218 cm³/mol. The number of hydrogen-bond acceptors (Lipinski definition) is 13. The van der Waals surface area contributed by atoms with E-state index in [4.69, 9.17) is 38.4 Å². The first-order valence-electron chi connectivity index (χ1n) is 19.1. The van der Waals surface area contributed by atoms with E-state index in [1.165, 1.54) is 72.0 Å². The van der Waals surface area contributed by atoms with Gasteiger partial charge in [0.05, 0.1) is 40.2 Å². The minimum absolute atomic E-state index is 0.0880. The Morgan fingerprint density at radius 1 is 0.964 bits per heavy atom. The van der Waals surface area contributed by atoms with Gasteiger partial charge in [0.1, 0.15) is 30.4 Å². The van der Waals surface area contributed by atoms with Crippen molar-refractivity contribution in [1.29, 1.82) is 0 Å². The second-order valence-electron chi connectivity index (χ2n) is 14.3. The van der Waals surface area contributed by atoms with Crippen LogP contribution in [0.5, 0.6) is 5.75 Å². The predicted octanol–water partition coefficient (Wildman–Crippen LogP) is 6.92. The van der Waals surface area contributed by atoms with Crippen molar-refractivity contribution in [1.82, 2.24) is 24.4 Å². The molecule has 1 fully saturated rings. The van der Waals surface area contributed by atoms with Crippen LogP contribution in [0.25, 0.3) is 11.2 Å². The standard InChI is InChI=1S/C40H47Cl2N7O6S/c41-28-14-9-24(19-29(28)42)34(51)32-27-15-17-48(20-31(27)56-37(32)43)16-7-5-3-1-2-4-6-8-18-54-26-12-10-25(11-13-26)47-38-33-39(45-22-44-38)49(23-46-33)40-36(53)35(52)30(21-50)55-40/h9-14,19,22-23,30,35-36,40,50,52-53H,1-8,15-18,20-21,43H2,(H,44,45,47)/t30-,35-,36-,40-/m1/s1. The highest BCUT2D eigenvalue weighted by Crippen LogP contribution is 2.38. The monoisotopic (exact) mass is 823 g/mol. The molecule has 1 saturated heterocycles. The van der Waals surface area contributed by atoms with Crippen LogP contribution < -0.4 is 15.8 Å². The molecule has 3 aromatic heterocycles. The SMILES string of the molecule is Nc1sc2c(c1C(=O)c1ccc(Cl)c(Cl)c1)CCN(CCCCCCCCCCOc1ccc(Nc3ncnc4c3ncn4[C@@H]3O[C@H](CO)[C@@H](O)[C@H]3O)cc1)C2. The van der Waals surface area contributed by atoms with E-state index in [0.29, 0.717) is 49.8 Å². The molecule has 0 saturated carbocycles. The lowest BCUT2D eigenvalue weighted by Gasteiger charge is -2.27. The van der Waals surface area contributed by atoms with Crippen molar-refractivity contribution in [3.63, 3.8) is 0 Å². The Bertz CT molecular complexity index is 2110. The lowest BCUT2D eigenvalue weighted by atomic mass is 9.96. The van der Waals surface area contributed by atoms with E-state index in [0.717, 1.165) is 55.9 Å².